The molecule has 0 saturated carbocycles. The number of amides is 1. The van der Waals surface area contributed by atoms with Gasteiger partial charge in [-0.25, -0.2) is 12.8 Å². The Bertz CT molecular complexity index is 1130. The van der Waals surface area contributed by atoms with E-state index >= 15 is 0 Å². The number of benzene rings is 3. The third-order valence-electron chi connectivity index (χ3n) is 4.69. The smallest absolute Gasteiger partial charge is 0.261 e. The summed E-state index contributed by atoms with van der Waals surface area (Å²) in [7, 11) is -0.485. The van der Waals surface area contributed by atoms with Crippen LogP contribution in [-0.4, -0.2) is 33.4 Å². The molecule has 0 aliphatic rings. The summed E-state index contributed by atoms with van der Waals surface area (Å²) in [5.74, 6) is 0.188. The molecule has 6 nitrogen and oxygen atoms in total. The third-order valence-corrected chi connectivity index (χ3v) is 6.09. The van der Waals surface area contributed by atoms with Crippen LogP contribution in [0.2, 0.25) is 0 Å². The minimum absolute atomic E-state index is 0.0340. The lowest BCUT2D eigenvalue weighted by Crippen LogP contribution is -2.27. The maximum Gasteiger partial charge on any atom is 0.261 e. The lowest BCUT2D eigenvalue weighted by atomic mass is 10.1. The number of nitrogens with one attached hydrogen (secondary N) is 1. The van der Waals surface area contributed by atoms with E-state index in [0.717, 1.165) is 29.0 Å². The first kappa shape index (κ1) is 22.3. The van der Waals surface area contributed by atoms with Crippen molar-refractivity contribution in [1.82, 2.24) is 4.90 Å². The number of methoxy groups -OCH3 is 1. The zero-order chi connectivity index (χ0) is 22.4. The van der Waals surface area contributed by atoms with Crippen LogP contribution in [-0.2, 0) is 27.8 Å². The molecule has 0 atom stereocenters. The zero-order valence-electron chi connectivity index (χ0n) is 17.2. The van der Waals surface area contributed by atoms with Crippen LogP contribution < -0.4 is 9.46 Å². The van der Waals surface area contributed by atoms with E-state index in [1.807, 2.05) is 24.3 Å². The largest absolute Gasteiger partial charge is 0.497 e. The van der Waals surface area contributed by atoms with E-state index in [1.165, 1.54) is 12.1 Å². The molecule has 0 fully saturated rings. The van der Waals surface area contributed by atoms with Crippen molar-refractivity contribution in [3.63, 3.8) is 0 Å². The molecule has 1 N–H and O–H groups in total. The summed E-state index contributed by atoms with van der Waals surface area (Å²) >= 11 is 0. The summed E-state index contributed by atoms with van der Waals surface area (Å²) < 4.78 is 45.3. The number of nitrogens with zero attached hydrogens (tertiary/aromatic N) is 1. The highest BCUT2D eigenvalue weighted by Crippen LogP contribution is 2.18. The molecule has 0 aliphatic heterocycles. The average molecular weight is 443 g/mol. The van der Waals surface area contributed by atoms with E-state index in [-0.39, 0.29) is 17.2 Å². The van der Waals surface area contributed by atoms with Gasteiger partial charge in [0.1, 0.15) is 11.6 Å². The average Bonchev–Trinajstić information content (AvgIpc) is 2.75. The van der Waals surface area contributed by atoms with Crippen molar-refractivity contribution in [1.29, 1.82) is 0 Å². The second-order valence-corrected chi connectivity index (χ2v) is 8.71. The highest BCUT2D eigenvalue weighted by atomic mass is 32.2. The summed E-state index contributed by atoms with van der Waals surface area (Å²) in [5.41, 5.74) is 2.10. The van der Waals surface area contributed by atoms with Crippen LogP contribution in [0.4, 0.5) is 10.1 Å². The second-order valence-electron chi connectivity index (χ2n) is 7.03. The number of ether oxygens (including phenoxy) is 1. The highest BCUT2D eigenvalue weighted by Gasteiger charge is 2.15. The number of likely N-dealkylation sites (N-methyl/N-ethyl adjacent to an activating group) is 1. The Hall–Kier alpha value is -3.39. The minimum atomic E-state index is -3.82. The van der Waals surface area contributed by atoms with Crippen molar-refractivity contribution < 1.29 is 22.3 Å². The number of carbonyl (C=O) groups excluding carboxylic acids is 1. The van der Waals surface area contributed by atoms with Gasteiger partial charge in [-0.05, 0) is 59.7 Å². The van der Waals surface area contributed by atoms with E-state index in [0.29, 0.717) is 12.2 Å². The molecule has 0 aromatic heterocycles. The fraction of sp³-hybridized carbons (Fsp3) is 0.174. The van der Waals surface area contributed by atoms with Crippen molar-refractivity contribution in [2.45, 2.75) is 17.9 Å². The van der Waals surface area contributed by atoms with E-state index in [4.69, 9.17) is 4.74 Å². The predicted octanol–water partition coefficient (Wildman–Crippen LogP) is 3.84. The fourth-order valence-electron chi connectivity index (χ4n) is 2.92. The van der Waals surface area contributed by atoms with Crippen LogP contribution in [0.25, 0.3) is 0 Å². The van der Waals surface area contributed by atoms with E-state index in [2.05, 4.69) is 4.72 Å². The molecule has 0 aliphatic carbocycles. The normalized spacial score (nSPS) is 11.1. The Kier molecular flexibility index (Phi) is 6.91. The summed E-state index contributed by atoms with van der Waals surface area (Å²) in [5, 5.41) is 0. The molecule has 0 saturated heterocycles. The van der Waals surface area contributed by atoms with Gasteiger partial charge < -0.3 is 9.64 Å². The van der Waals surface area contributed by atoms with Gasteiger partial charge in [-0.15, -0.1) is 0 Å². The molecular formula is C23H23FN2O4S. The molecule has 3 aromatic carbocycles. The first-order valence-corrected chi connectivity index (χ1v) is 11.0. The monoisotopic (exact) mass is 442 g/mol. The Balaban J connectivity index is 1.59. The van der Waals surface area contributed by atoms with Gasteiger partial charge in [-0.3, -0.25) is 9.52 Å². The van der Waals surface area contributed by atoms with Crippen LogP contribution in [0.1, 0.15) is 11.1 Å². The molecule has 0 bridgehead atoms. The summed E-state index contributed by atoms with van der Waals surface area (Å²) in [4.78, 5) is 14.1. The van der Waals surface area contributed by atoms with Gasteiger partial charge in [0, 0.05) is 19.3 Å². The lowest BCUT2D eigenvalue weighted by Gasteiger charge is -2.18. The number of rotatable bonds is 8. The van der Waals surface area contributed by atoms with Crippen molar-refractivity contribution >= 4 is 21.6 Å². The zero-order valence-corrected chi connectivity index (χ0v) is 18.0. The van der Waals surface area contributed by atoms with Crippen molar-refractivity contribution in [2.75, 3.05) is 18.9 Å². The Morgan fingerprint density at radius 1 is 0.935 bits per heavy atom. The van der Waals surface area contributed by atoms with Crippen molar-refractivity contribution in [2.24, 2.45) is 0 Å². The predicted molar refractivity (Wildman–Crippen MR) is 117 cm³/mol. The van der Waals surface area contributed by atoms with E-state index in [9.17, 15) is 17.6 Å². The summed E-state index contributed by atoms with van der Waals surface area (Å²) in [6.45, 7) is 0.471. The Labute approximate surface area is 181 Å². The number of hydrogen-bond acceptors (Lipinski definition) is 4. The fourth-order valence-corrected chi connectivity index (χ4v) is 3.98. The van der Waals surface area contributed by atoms with Gasteiger partial charge in [0.15, 0.2) is 0 Å². The van der Waals surface area contributed by atoms with Crippen LogP contribution in [0.3, 0.4) is 0 Å². The number of anilines is 1. The Morgan fingerprint density at radius 3 is 2.10 bits per heavy atom. The van der Waals surface area contributed by atoms with Crippen LogP contribution in [0.5, 0.6) is 5.75 Å². The minimum Gasteiger partial charge on any atom is -0.497 e. The molecule has 162 valence electrons. The number of halogens is 1. The highest BCUT2D eigenvalue weighted by molar-refractivity contribution is 7.92. The Morgan fingerprint density at radius 2 is 1.52 bits per heavy atom. The number of hydrogen-bond donors (Lipinski definition) is 1. The van der Waals surface area contributed by atoms with Crippen molar-refractivity contribution in [3.05, 3.63) is 89.7 Å². The molecule has 0 spiro atoms. The van der Waals surface area contributed by atoms with Crippen LogP contribution in [0, 0.1) is 5.82 Å². The molecular weight excluding hydrogens is 419 g/mol. The van der Waals surface area contributed by atoms with Crippen molar-refractivity contribution in [3.8, 4) is 5.75 Å². The van der Waals surface area contributed by atoms with Gasteiger partial charge >= 0.3 is 0 Å². The molecule has 3 rings (SSSR count). The number of sulfonamides is 1. The molecule has 0 radical (unpaired) electrons. The first-order chi connectivity index (χ1) is 14.8. The molecule has 1 amide bonds. The van der Waals surface area contributed by atoms with E-state index in [1.54, 1.807) is 43.3 Å². The number of carbonyl (C=O) groups is 1. The maximum absolute atomic E-state index is 13.0. The topological polar surface area (TPSA) is 75.7 Å². The van der Waals surface area contributed by atoms with E-state index < -0.39 is 15.8 Å². The standard InChI is InChI=1S/C23H23FN2O4S/c1-26(16-18-5-11-21(30-2)12-6-18)23(27)15-17-3-9-20(10-4-17)25-31(28,29)22-13-7-19(24)8-14-22/h3-14,25H,15-16H2,1-2H3. The van der Waals surface area contributed by atoms with Gasteiger partial charge in [0.05, 0.1) is 18.4 Å². The molecule has 8 heteroatoms. The van der Waals surface area contributed by atoms with Gasteiger partial charge in [-0.1, -0.05) is 24.3 Å². The second kappa shape index (κ2) is 9.61. The molecule has 3 aromatic rings. The first-order valence-electron chi connectivity index (χ1n) is 9.51. The maximum atomic E-state index is 13.0. The van der Waals surface area contributed by atoms with Crippen LogP contribution in [0.15, 0.2) is 77.7 Å². The SMILES string of the molecule is COc1ccc(CN(C)C(=O)Cc2ccc(NS(=O)(=O)c3ccc(F)cc3)cc2)cc1. The van der Waals surface area contributed by atoms with Gasteiger partial charge in [-0.2, -0.15) is 0 Å². The summed E-state index contributed by atoms with van der Waals surface area (Å²) in [6, 6.07) is 18.7. The molecule has 0 heterocycles. The van der Waals surface area contributed by atoms with Crippen LogP contribution >= 0.6 is 0 Å². The van der Waals surface area contributed by atoms with Gasteiger partial charge in [0.2, 0.25) is 5.91 Å². The quantitative estimate of drug-likeness (QED) is 0.575. The third kappa shape index (κ3) is 6.05. The molecule has 0 unspecified atom stereocenters. The van der Waals surface area contributed by atoms with Gasteiger partial charge in [0.25, 0.3) is 10.0 Å². The molecule has 31 heavy (non-hydrogen) atoms. The lowest BCUT2D eigenvalue weighted by molar-refractivity contribution is -0.129. The summed E-state index contributed by atoms with van der Waals surface area (Å²) in [6.07, 6.45) is 0.192.